The molecule has 27 heavy (non-hydrogen) atoms. The number of carbonyl (C=O) groups is 3. The Bertz CT molecular complexity index is 842. The second-order valence-corrected chi connectivity index (χ2v) is 6.06. The molecular formula is C19H19FN4O3. The van der Waals surface area contributed by atoms with E-state index in [1.807, 2.05) is 0 Å². The van der Waals surface area contributed by atoms with Crippen LogP contribution in [0, 0.1) is 5.82 Å². The molecule has 0 spiro atoms. The molecule has 0 unspecified atom stereocenters. The Balaban J connectivity index is 1.91. The van der Waals surface area contributed by atoms with E-state index in [0.29, 0.717) is 12.2 Å². The molecule has 1 atom stereocenters. The number of hydrogen-bond acceptors (Lipinski definition) is 4. The fourth-order valence-electron chi connectivity index (χ4n) is 2.95. The van der Waals surface area contributed by atoms with Crippen molar-refractivity contribution in [3.8, 4) is 0 Å². The van der Waals surface area contributed by atoms with Crippen LogP contribution in [0.5, 0.6) is 0 Å². The summed E-state index contributed by atoms with van der Waals surface area (Å²) in [6, 6.07) is 8.83. The lowest BCUT2D eigenvalue weighted by atomic mass is 10.1. The quantitative estimate of drug-likeness (QED) is 0.790. The summed E-state index contributed by atoms with van der Waals surface area (Å²) < 4.78 is 13.2. The van der Waals surface area contributed by atoms with E-state index in [1.54, 1.807) is 31.3 Å². The summed E-state index contributed by atoms with van der Waals surface area (Å²) in [4.78, 5) is 44.4. The van der Waals surface area contributed by atoms with Gasteiger partial charge in [0.1, 0.15) is 11.9 Å². The van der Waals surface area contributed by atoms with Crippen molar-refractivity contribution in [1.82, 2.24) is 15.2 Å². The van der Waals surface area contributed by atoms with Crippen molar-refractivity contribution in [3.63, 3.8) is 0 Å². The molecule has 140 valence electrons. The second kappa shape index (κ2) is 7.94. The summed E-state index contributed by atoms with van der Waals surface area (Å²) in [5.41, 5.74) is 0.858. The maximum absolute atomic E-state index is 13.2. The molecule has 1 aromatic carbocycles. The number of urea groups is 1. The number of benzene rings is 1. The van der Waals surface area contributed by atoms with Gasteiger partial charge in [-0.2, -0.15) is 0 Å². The monoisotopic (exact) mass is 370 g/mol. The highest BCUT2D eigenvalue weighted by molar-refractivity contribution is 6.22. The molecule has 1 N–H and O–H groups in total. The normalized spacial score (nSPS) is 16.7. The predicted molar refractivity (Wildman–Crippen MR) is 96.2 cm³/mol. The standard InChI is InChI=1S/C19H19FN4O3/c1-2-21-17(25)11-16-18(26)24(15-8-6-13(20)7-9-15)19(27)23(16)12-14-5-3-4-10-22-14/h3-10,16H,2,11-12H2,1H3,(H,21,25)/t16-/m0/s1. The number of nitrogens with one attached hydrogen (secondary N) is 1. The Hall–Kier alpha value is -3.29. The molecule has 1 saturated heterocycles. The molecule has 0 saturated carbocycles. The second-order valence-electron chi connectivity index (χ2n) is 6.06. The lowest BCUT2D eigenvalue weighted by molar-refractivity contribution is -0.127. The zero-order valence-electron chi connectivity index (χ0n) is 14.8. The van der Waals surface area contributed by atoms with Gasteiger partial charge in [-0.3, -0.25) is 14.6 Å². The first kappa shape index (κ1) is 18.5. The van der Waals surface area contributed by atoms with E-state index >= 15 is 0 Å². The number of anilines is 1. The van der Waals surface area contributed by atoms with Crippen LogP contribution in [0.2, 0.25) is 0 Å². The minimum absolute atomic E-state index is 0.0905. The third-order valence-corrected chi connectivity index (χ3v) is 4.21. The van der Waals surface area contributed by atoms with Crippen molar-refractivity contribution >= 4 is 23.5 Å². The minimum atomic E-state index is -0.948. The zero-order valence-corrected chi connectivity index (χ0v) is 14.8. The molecule has 1 aliphatic rings. The van der Waals surface area contributed by atoms with Crippen molar-refractivity contribution in [3.05, 3.63) is 60.2 Å². The molecule has 3 rings (SSSR count). The largest absolute Gasteiger partial charge is 0.356 e. The third kappa shape index (κ3) is 3.94. The fourth-order valence-corrected chi connectivity index (χ4v) is 2.95. The summed E-state index contributed by atoms with van der Waals surface area (Å²) in [7, 11) is 0. The van der Waals surface area contributed by atoms with Crippen LogP contribution in [-0.2, 0) is 16.1 Å². The van der Waals surface area contributed by atoms with Gasteiger partial charge in [0.25, 0.3) is 5.91 Å². The summed E-state index contributed by atoms with van der Waals surface area (Å²) in [5.74, 6) is -1.31. The van der Waals surface area contributed by atoms with Gasteiger partial charge in [0, 0.05) is 12.7 Å². The van der Waals surface area contributed by atoms with Crippen LogP contribution >= 0.6 is 0 Å². The number of halogens is 1. The highest BCUT2D eigenvalue weighted by Gasteiger charge is 2.46. The lowest BCUT2D eigenvalue weighted by Gasteiger charge is -2.21. The Morgan fingerprint density at radius 2 is 1.93 bits per heavy atom. The maximum atomic E-state index is 13.2. The van der Waals surface area contributed by atoms with Crippen LogP contribution in [0.3, 0.4) is 0 Å². The molecule has 2 heterocycles. The van der Waals surface area contributed by atoms with Gasteiger partial charge in [-0.15, -0.1) is 0 Å². The number of carbonyl (C=O) groups excluding carboxylic acids is 3. The first-order chi connectivity index (χ1) is 13.0. The lowest BCUT2D eigenvalue weighted by Crippen LogP contribution is -2.39. The molecule has 0 aliphatic carbocycles. The maximum Gasteiger partial charge on any atom is 0.332 e. The molecule has 2 aromatic rings. The number of aromatic nitrogens is 1. The Morgan fingerprint density at radius 1 is 1.19 bits per heavy atom. The van der Waals surface area contributed by atoms with Crippen molar-refractivity contribution in [2.24, 2.45) is 0 Å². The minimum Gasteiger partial charge on any atom is -0.356 e. The van der Waals surface area contributed by atoms with Gasteiger partial charge in [0.05, 0.1) is 24.3 Å². The van der Waals surface area contributed by atoms with Crippen LogP contribution in [-0.4, -0.2) is 40.3 Å². The van der Waals surface area contributed by atoms with Gasteiger partial charge < -0.3 is 10.2 Å². The number of pyridine rings is 1. The topological polar surface area (TPSA) is 82.6 Å². The predicted octanol–water partition coefficient (Wildman–Crippen LogP) is 2.08. The van der Waals surface area contributed by atoms with Gasteiger partial charge in [-0.25, -0.2) is 14.1 Å². The van der Waals surface area contributed by atoms with E-state index in [9.17, 15) is 18.8 Å². The molecule has 7 nitrogen and oxygen atoms in total. The van der Waals surface area contributed by atoms with E-state index in [2.05, 4.69) is 10.3 Å². The Labute approximate surface area is 155 Å². The summed E-state index contributed by atoms with van der Waals surface area (Å²) >= 11 is 0. The van der Waals surface area contributed by atoms with E-state index in [-0.39, 0.29) is 24.6 Å². The van der Waals surface area contributed by atoms with Crippen molar-refractivity contribution in [2.75, 3.05) is 11.4 Å². The third-order valence-electron chi connectivity index (χ3n) is 4.21. The zero-order chi connectivity index (χ0) is 19.4. The summed E-state index contributed by atoms with van der Waals surface area (Å²) in [6.45, 7) is 2.29. The van der Waals surface area contributed by atoms with Crippen LogP contribution in [0.1, 0.15) is 19.0 Å². The van der Waals surface area contributed by atoms with E-state index in [4.69, 9.17) is 0 Å². The summed E-state index contributed by atoms with van der Waals surface area (Å²) in [6.07, 6.45) is 1.44. The van der Waals surface area contributed by atoms with E-state index in [0.717, 1.165) is 4.90 Å². The van der Waals surface area contributed by atoms with Gasteiger partial charge in [0.15, 0.2) is 0 Å². The number of rotatable bonds is 6. The molecule has 4 amide bonds. The van der Waals surface area contributed by atoms with Crippen LogP contribution in [0.4, 0.5) is 14.9 Å². The average Bonchev–Trinajstić information content (AvgIpc) is 2.88. The molecular weight excluding hydrogens is 351 g/mol. The van der Waals surface area contributed by atoms with Gasteiger partial charge in [0.2, 0.25) is 5.91 Å². The number of nitrogens with zero attached hydrogens (tertiary/aromatic N) is 3. The molecule has 0 bridgehead atoms. The highest BCUT2D eigenvalue weighted by Crippen LogP contribution is 2.28. The van der Waals surface area contributed by atoms with Crippen molar-refractivity contribution in [2.45, 2.75) is 25.9 Å². The van der Waals surface area contributed by atoms with Crippen molar-refractivity contribution in [1.29, 1.82) is 0 Å². The first-order valence-electron chi connectivity index (χ1n) is 8.58. The smallest absolute Gasteiger partial charge is 0.332 e. The number of hydrogen-bond donors (Lipinski definition) is 1. The van der Waals surface area contributed by atoms with Crippen LogP contribution in [0.15, 0.2) is 48.7 Å². The first-order valence-corrected chi connectivity index (χ1v) is 8.58. The Kier molecular flexibility index (Phi) is 5.44. The Morgan fingerprint density at radius 3 is 2.56 bits per heavy atom. The van der Waals surface area contributed by atoms with Crippen molar-refractivity contribution < 1.29 is 18.8 Å². The molecule has 1 fully saturated rings. The number of imide groups is 1. The highest BCUT2D eigenvalue weighted by atomic mass is 19.1. The van der Waals surface area contributed by atoms with Gasteiger partial charge >= 0.3 is 6.03 Å². The fraction of sp³-hybridized carbons (Fsp3) is 0.263. The van der Waals surface area contributed by atoms with Crippen LogP contribution < -0.4 is 10.2 Å². The molecule has 1 aromatic heterocycles. The SMILES string of the molecule is CCNC(=O)C[C@H]1C(=O)N(c2ccc(F)cc2)C(=O)N1Cc1ccccn1. The summed E-state index contributed by atoms with van der Waals surface area (Å²) in [5, 5.41) is 2.64. The molecule has 1 aliphatic heterocycles. The molecule has 8 heteroatoms. The van der Waals surface area contributed by atoms with Crippen LogP contribution in [0.25, 0.3) is 0 Å². The van der Waals surface area contributed by atoms with Gasteiger partial charge in [-0.05, 0) is 43.3 Å². The average molecular weight is 370 g/mol. The number of amides is 4. The van der Waals surface area contributed by atoms with Gasteiger partial charge in [-0.1, -0.05) is 6.07 Å². The molecule has 0 radical (unpaired) electrons. The van der Waals surface area contributed by atoms with E-state index in [1.165, 1.54) is 29.2 Å². The van der Waals surface area contributed by atoms with E-state index < -0.39 is 23.8 Å².